The Morgan fingerprint density at radius 2 is 1.43 bits per heavy atom. The van der Waals surface area contributed by atoms with E-state index in [2.05, 4.69) is 0 Å². The molecule has 0 aromatic rings. The van der Waals surface area contributed by atoms with Crippen molar-refractivity contribution in [3.63, 3.8) is 0 Å². The van der Waals surface area contributed by atoms with Crippen molar-refractivity contribution >= 4 is 10.4 Å². The van der Waals surface area contributed by atoms with Crippen LogP contribution in [-0.2, 0) is 27.5 Å². The van der Waals surface area contributed by atoms with Crippen molar-refractivity contribution in [2.75, 3.05) is 0 Å². The first kappa shape index (κ1) is 15.7. The number of rotatable bonds is 0. The van der Waals surface area contributed by atoms with Crippen molar-refractivity contribution in [2.24, 2.45) is 0 Å². The maximum atomic E-state index is 8.63. The predicted molar refractivity (Wildman–Crippen MR) is 12.3 cm³/mol. The molecule has 0 aromatic heterocycles. The van der Waals surface area contributed by atoms with Gasteiger partial charge in [-0.25, -0.2) is 8.42 Å². The van der Waals surface area contributed by atoms with E-state index in [0.717, 1.165) is 0 Å². The molecule has 0 amide bonds. The Labute approximate surface area is 50.3 Å². The third kappa shape index (κ3) is 1160. The summed E-state index contributed by atoms with van der Waals surface area (Å²) >= 11 is 0. The summed E-state index contributed by atoms with van der Waals surface area (Å²) in [4.78, 5) is 0. The molecule has 0 aromatic carbocycles. The van der Waals surface area contributed by atoms with Gasteiger partial charge in [0.2, 0.25) is 10.4 Å². The van der Waals surface area contributed by atoms with E-state index in [1.165, 1.54) is 0 Å². The smallest absolute Gasteiger partial charge is 1.00 e. The molecule has 4 nitrogen and oxygen atoms in total. The average Bonchev–Trinajstić information content (AvgIpc) is 0.722. The van der Waals surface area contributed by atoms with Gasteiger partial charge in [-0.3, -0.25) is 4.55 Å². The molecule has 0 atom stereocenters. The van der Waals surface area contributed by atoms with Crippen LogP contribution in [0.25, 0.3) is 0 Å². The van der Waals surface area contributed by atoms with E-state index in [4.69, 9.17) is 17.5 Å². The fourth-order valence-corrected chi connectivity index (χ4v) is 0. The van der Waals surface area contributed by atoms with Crippen LogP contribution < -0.4 is 4.70 Å². The van der Waals surface area contributed by atoms with Crippen LogP contribution >= 0.6 is 0 Å². The van der Waals surface area contributed by atoms with E-state index in [1.54, 1.807) is 0 Å². The second kappa shape index (κ2) is 4.48. The largest absolute Gasteiger partial charge is 2.00 e. The van der Waals surface area contributed by atoms with Gasteiger partial charge in [-0.05, 0) is 0 Å². The molecule has 7 heavy (non-hydrogen) atoms. The minimum Gasteiger partial charge on any atom is -1.00 e. The van der Waals surface area contributed by atoms with Crippen LogP contribution in [0.5, 0.6) is 0 Å². The van der Waals surface area contributed by atoms with E-state index in [-0.39, 0.29) is 21.8 Å². The molecule has 0 fully saturated rings. The first-order valence-electron chi connectivity index (χ1n) is 0.683. The van der Waals surface area contributed by atoms with Crippen molar-refractivity contribution in [2.45, 2.75) is 0 Å². The predicted octanol–water partition coefficient (Wildman–Crippen LogP) is -3.99. The zero-order valence-electron chi connectivity index (χ0n) is 2.81. The van der Waals surface area contributed by atoms with E-state index in [9.17, 15) is 0 Å². The van der Waals surface area contributed by atoms with Crippen LogP contribution in [0.15, 0.2) is 0 Å². The number of halogens is 1. The Hall–Kier alpha value is 0.319. The Balaban J connectivity index is -0.0000000800. The minimum atomic E-state index is -4.92. The fraction of sp³-hybridized carbons (Fsp3) is 0. The zero-order chi connectivity index (χ0) is 4.50. The van der Waals surface area contributed by atoms with E-state index >= 15 is 0 Å². The van der Waals surface area contributed by atoms with Crippen LogP contribution in [0.1, 0.15) is 0 Å². The molecule has 46 valence electrons. The Morgan fingerprint density at radius 3 is 1.43 bits per heavy atom. The molecule has 0 aliphatic carbocycles. The molecule has 0 aliphatic rings. The Kier molecular flexibility index (Phi) is 10.0. The second-order valence-corrected chi connectivity index (χ2v) is 1.28. The summed E-state index contributed by atoms with van der Waals surface area (Å²) in [6.07, 6.45) is 0. The number of hydrogen-bond donors (Lipinski definition) is 1. The molecular weight excluding hydrogens is 171 g/mol. The molecule has 0 heterocycles. The average molecular weight is 172 g/mol. The van der Waals surface area contributed by atoms with E-state index in [1.807, 2.05) is 0 Å². The Bertz CT molecular complexity index is 94.9. The van der Waals surface area contributed by atoms with Gasteiger partial charge in [-0.15, -0.1) is 0 Å². The van der Waals surface area contributed by atoms with Gasteiger partial charge in [0, 0.05) is 0 Å². The molecule has 7 heteroatoms. The summed E-state index contributed by atoms with van der Waals surface area (Å²) in [5.74, 6) is 0. The molecule has 0 rings (SSSR count). The van der Waals surface area contributed by atoms with Gasteiger partial charge in [0.1, 0.15) is 0 Å². The maximum Gasteiger partial charge on any atom is 2.00 e. The van der Waals surface area contributed by atoms with Crippen molar-refractivity contribution < 1.29 is 39.3 Å². The molecule has 0 spiro atoms. The van der Waals surface area contributed by atoms with Gasteiger partial charge >= 0.3 is 17.1 Å². The normalized spacial score (nSPS) is 8.29. The molecule has 0 aliphatic heterocycles. The van der Waals surface area contributed by atoms with Crippen LogP contribution in [0.2, 0.25) is 0 Å². The van der Waals surface area contributed by atoms with Crippen LogP contribution in [0.4, 0.5) is 0 Å². The summed E-state index contributed by atoms with van der Waals surface area (Å²) in [7, 11) is -4.92. The van der Waals surface area contributed by atoms with Crippen molar-refractivity contribution in [1.82, 2.24) is 0 Å². The Morgan fingerprint density at radius 1 is 1.43 bits per heavy atom. The zero-order valence-corrected chi connectivity index (χ0v) is 4.73. The first-order chi connectivity index (χ1) is 2.00. The molecule has 0 saturated heterocycles. The molecular formula is HFFeO4S. The van der Waals surface area contributed by atoms with Crippen LogP contribution in [0.3, 0.4) is 0 Å². The maximum absolute atomic E-state index is 8.63. The van der Waals surface area contributed by atoms with E-state index in [0.29, 0.717) is 0 Å². The standard InChI is InChI=1S/FH.Fe.H2O4S/c;;1-5(2,3)4/h1H;;(H2,1,2,3,4)/q;+2;/p-2. The summed E-state index contributed by atoms with van der Waals surface area (Å²) in [6, 6.07) is 0. The van der Waals surface area contributed by atoms with Gasteiger partial charge in [-0.2, -0.15) is 0 Å². The molecule has 1 N–H and O–H groups in total. The van der Waals surface area contributed by atoms with Crippen LogP contribution in [0, 0.1) is 0 Å². The second-order valence-electron chi connectivity index (χ2n) is 0.428. The summed E-state index contributed by atoms with van der Waals surface area (Å²) in [5, 5.41) is 0. The van der Waals surface area contributed by atoms with Crippen molar-refractivity contribution in [3.8, 4) is 0 Å². The minimum absolute atomic E-state index is 0. The third-order valence-electron chi connectivity index (χ3n) is 0. The third-order valence-corrected chi connectivity index (χ3v) is 0. The van der Waals surface area contributed by atoms with Gasteiger partial charge < -0.3 is 9.26 Å². The van der Waals surface area contributed by atoms with Gasteiger partial charge in [0.25, 0.3) is 0 Å². The van der Waals surface area contributed by atoms with Gasteiger partial charge in [-0.1, -0.05) is 0 Å². The van der Waals surface area contributed by atoms with E-state index < -0.39 is 10.4 Å². The summed E-state index contributed by atoms with van der Waals surface area (Å²) in [6.45, 7) is 0. The summed E-state index contributed by atoms with van der Waals surface area (Å²) < 4.78 is 32.8. The first-order valence-corrected chi connectivity index (χ1v) is 2.05. The SMILES string of the molecule is O=S(=O)([O-])O.[F-].[Fe+2]. The fourth-order valence-electron chi connectivity index (χ4n) is 0. The quantitative estimate of drug-likeness (QED) is 0.229. The van der Waals surface area contributed by atoms with Gasteiger partial charge in [0.15, 0.2) is 0 Å². The monoisotopic (exact) mass is 172 g/mol. The topological polar surface area (TPSA) is 77.4 Å². The molecule has 0 saturated carbocycles. The van der Waals surface area contributed by atoms with Crippen molar-refractivity contribution in [1.29, 1.82) is 0 Å². The van der Waals surface area contributed by atoms with Crippen molar-refractivity contribution in [3.05, 3.63) is 0 Å². The number of hydrogen-bond acceptors (Lipinski definition) is 3. The van der Waals surface area contributed by atoms with Crippen LogP contribution in [-0.4, -0.2) is 17.5 Å². The van der Waals surface area contributed by atoms with Gasteiger partial charge in [0.05, 0.1) is 0 Å². The molecule has 0 radical (unpaired) electrons. The summed E-state index contributed by atoms with van der Waals surface area (Å²) in [5.41, 5.74) is 0. The molecule has 0 unspecified atom stereocenters. The molecule has 0 bridgehead atoms.